The molecule has 0 spiro atoms. The highest BCUT2D eigenvalue weighted by atomic mass is 32.2. The van der Waals surface area contributed by atoms with Gasteiger partial charge in [0.1, 0.15) is 0 Å². The van der Waals surface area contributed by atoms with E-state index in [1.165, 1.54) is 4.31 Å². The lowest BCUT2D eigenvalue weighted by Gasteiger charge is -2.34. The number of hydrogen-bond donors (Lipinski definition) is 1. The highest BCUT2D eigenvalue weighted by Gasteiger charge is 2.30. The number of nitrogens with zero attached hydrogens (tertiary/aromatic N) is 1. The molecule has 0 aromatic heterocycles. The van der Waals surface area contributed by atoms with Gasteiger partial charge in [-0.15, -0.1) is 0 Å². The van der Waals surface area contributed by atoms with E-state index in [1.807, 2.05) is 27.7 Å². The maximum atomic E-state index is 12.0. The van der Waals surface area contributed by atoms with Crippen LogP contribution in [0.15, 0.2) is 0 Å². The molecule has 2 N–H and O–H groups in total. The van der Waals surface area contributed by atoms with E-state index in [4.69, 9.17) is 5.73 Å². The Hall–Kier alpha value is -0.130. The first-order valence-corrected chi connectivity index (χ1v) is 7.39. The van der Waals surface area contributed by atoms with E-state index in [-0.39, 0.29) is 17.2 Å². The van der Waals surface area contributed by atoms with E-state index in [0.717, 1.165) is 6.42 Å². The minimum absolute atomic E-state index is 0.00428. The van der Waals surface area contributed by atoms with Gasteiger partial charge in [-0.05, 0) is 31.7 Å². The topological polar surface area (TPSA) is 63.4 Å². The van der Waals surface area contributed by atoms with Crippen LogP contribution in [0, 0.1) is 5.41 Å². The number of nitrogens with two attached hydrogens (primary N) is 1. The fraction of sp³-hybridized carbons (Fsp3) is 1.00. The Morgan fingerprint density at radius 2 is 1.75 bits per heavy atom. The van der Waals surface area contributed by atoms with Crippen LogP contribution >= 0.6 is 0 Å². The van der Waals surface area contributed by atoms with Gasteiger partial charge in [-0.2, -0.15) is 0 Å². The van der Waals surface area contributed by atoms with Gasteiger partial charge >= 0.3 is 0 Å². The number of rotatable bonds is 6. The summed E-state index contributed by atoms with van der Waals surface area (Å²) in [6, 6.07) is -0.00428. The van der Waals surface area contributed by atoms with Crippen molar-refractivity contribution in [2.24, 2.45) is 11.1 Å². The molecule has 0 aliphatic carbocycles. The number of sulfonamides is 1. The van der Waals surface area contributed by atoms with Crippen LogP contribution in [-0.2, 0) is 10.0 Å². The van der Waals surface area contributed by atoms with Crippen molar-refractivity contribution in [3.05, 3.63) is 0 Å². The van der Waals surface area contributed by atoms with Crippen LogP contribution in [0.5, 0.6) is 0 Å². The van der Waals surface area contributed by atoms with Gasteiger partial charge in [0.05, 0.1) is 5.75 Å². The predicted molar refractivity (Wildman–Crippen MR) is 68.8 cm³/mol. The lowest BCUT2D eigenvalue weighted by Crippen LogP contribution is -2.43. The molecule has 0 fully saturated rings. The zero-order valence-corrected chi connectivity index (χ0v) is 12.0. The number of unbranched alkanes of at least 4 members (excludes halogenated alkanes) is 1. The highest BCUT2D eigenvalue weighted by molar-refractivity contribution is 7.89. The summed E-state index contributed by atoms with van der Waals surface area (Å²) in [7, 11) is -1.48. The molecule has 5 heteroatoms. The zero-order chi connectivity index (χ0) is 13.0. The smallest absolute Gasteiger partial charge is 0.214 e. The van der Waals surface area contributed by atoms with Crippen molar-refractivity contribution >= 4 is 10.0 Å². The average Bonchev–Trinajstić information content (AvgIpc) is 2.14. The monoisotopic (exact) mass is 250 g/mol. The van der Waals surface area contributed by atoms with E-state index in [2.05, 4.69) is 0 Å². The first-order chi connectivity index (χ1) is 7.13. The quantitative estimate of drug-likeness (QED) is 0.725. The summed E-state index contributed by atoms with van der Waals surface area (Å²) >= 11 is 0. The third kappa shape index (κ3) is 4.80. The third-order valence-electron chi connectivity index (χ3n) is 3.09. The zero-order valence-electron chi connectivity index (χ0n) is 11.2. The molecule has 0 aliphatic heterocycles. The van der Waals surface area contributed by atoms with Crippen LogP contribution in [0.3, 0.4) is 0 Å². The maximum absolute atomic E-state index is 12.0. The maximum Gasteiger partial charge on any atom is 0.214 e. The lowest BCUT2D eigenvalue weighted by atomic mass is 9.88. The average molecular weight is 250 g/mol. The molecule has 1 atom stereocenters. The van der Waals surface area contributed by atoms with Gasteiger partial charge in [-0.1, -0.05) is 20.8 Å². The van der Waals surface area contributed by atoms with Gasteiger partial charge in [-0.3, -0.25) is 0 Å². The minimum Gasteiger partial charge on any atom is -0.330 e. The van der Waals surface area contributed by atoms with Crippen LogP contribution in [0.2, 0.25) is 0 Å². The molecular formula is C11H26N2O2S. The number of hydrogen-bond acceptors (Lipinski definition) is 3. The van der Waals surface area contributed by atoms with Gasteiger partial charge in [0.15, 0.2) is 0 Å². The molecule has 0 aromatic carbocycles. The molecule has 98 valence electrons. The van der Waals surface area contributed by atoms with Crippen LogP contribution in [-0.4, -0.2) is 38.1 Å². The summed E-state index contributed by atoms with van der Waals surface area (Å²) in [6.45, 7) is 8.63. The van der Waals surface area contributed by atoms with Crippen molar-refractivity contribution in [2.75, 3.05) is 19.3 Å². The van der Waals surface area contributed by atoms with Crippen molar-refractivity contribution in [1.82, 2.24) is 4.31 Å². The summed E-state index contributed by atoms with van der Waals surface area (Å²) in [5.74, 6) is 0.196. The molecule has 0 rings (SSSR count). The fourth-order valence-electron chi connectivity index (χ4n) is 1.36. The Morgan fingerprint density at radius 1 is 1.25 bits per heavy atom. The summed E-state index contributed by atoms with van der Waals surface area (Å²) in [5.41, 5.74) is 5.31. The third-order valence-corrected chi connectivity index (χ3v) is 5.09. The van der Waals surface area contributed by atoms with Crippen molar-refractivity contribution in [1.29, 1.82) is 0 Å². The second-order valence-corrected chi connectivity index (χ2v) is 7.52. The van der Waals surface area contributed by atoms with Crippen molar-refractivity contribution in [3.63, 3.8) is 0 Å². The molecule has 1 unspecified atom stereocenters. The summed E-state index contributed by atoms with van der Waals surface area (Å²) in [4.78, 5) is 0. The van der Waals surface area contributed by atoms with Gasteiger partial charge in [0.2, 0.25) is 10.0 Å². The SMILES string of the molecule is CC(N(C)S(=O)(=O)CCCCN)C(C)(C)C. The first kappa shape index (κ1) is 15.9. The molecule has 0 aliphatic rings. The van der Waals surface area contributed by atoms with Crippen molar-refractivity contribution < 1.29 is 8.42 Å². The largest absolute Gasteiger partial charge is 0.330 e. The Morgan fingerprint density at radius 3 is 2.12 bits per heavy atom. The molecule has 0 saturated carbocycles. The predicted octanol–water partition coefficient (Wildman–Crippen LogP) is 1.42. The minimum atomic E-state index is -3.14. The van der Waals surface area contributed by atoms with Gasteiger partial charge in [0.25, 0.3) is 0 Å². The van der Waals surface area contributed by atoms with E-state index in [9.17, 15) is 8.42 Å². The molecule has 4 nitrogen and oxygen atoms in total. The molecule has 0 radical (unpaired) electrons. The molecule has 0 bridgehead atoms. The van der Waals surface area contributed by atoms with Gasteiger partial charge < -0.3 is 5.73 Å². The summed E-state index contributed by atoms with van der Waals surface area (Å²) in [5, 5.41) is 0. The van der Waals surface area contributed by atoms with E-state index < -0.39 is 10.0 Å². The van der Waals surface area contributed by atoms with Crippen molar-refractivity contribution in [2.45, 2.75) is 46.6 Å². The molecular weight excluding hydrogens is 224 g/mol. The highest BCUT2D eigenvalue weighted by Crippen LogP contribution is 2.25. The normalized spacial score (nSPS) is 15.4. The van der Waals surface area contributed by atoms with E-state index in [1.54, 1.807) is 7.05 Å². The van der Waals surface area contributed by atoms with Gasteiger partial charge in [-0.25, -0.2) is 12.7 Å². The van der Waals surface area contributed by atoms with Crippen LogP contribution < -0.4 is 5.73 Å². The second kappa shape index (κ2) is 5.98. The van der Waals surface area contributed by atoms with E-state index in [0.29, 0.717) is 13.0 Å². The molecule has 0 saturated heterocycles. The first-order valence-electron chi connectivity index (χ1n) is 5.78. The van der Waals surface area contributed by atoms with Crippen LogP contribution in [0.25, 0.3) is 0 Å². The summed E-state index contributed by atoms with van der Waals surface area (Å²) < 4.78 is 25.4. The fourth-order valence-corrected chi connectivity index (χ4v) is 3.01. The Bertz CT molecular complexity index is 294. The standard InChI is InChI=1S/C11H26N2O2S/c1-10(11(2,3)4)13(5)16(14,15)9-7-6-8-12/h10H,6-9,12H2,1-5H3. The van der Waals surface area contributed by atoms with E-state index >= 15 is 0 Å². The van der Waals surface area contributed by atoms with Gasteiger partial charge in [0, 0.05) is 13.1 Å². The lowest BCUT2D eigenvalue weighted by molar-refractivity contribution is 0.216. The van der Waals surface area contributed by atoms with Crippen LogP contribution in [0.1, 0.15) is 40.5 Å². The Balaban J connectivity index is 4.52. The molecule has 0 amide bonds. The molecule has 16 heavy (non-hydrogen) atoms. The summed E-state index contributed by atoms with van der Waals surface area (Å²) in [6.07, 6.45) is 1.40. The van der Waals surface area contributed by atoms with Crippen LogP contribution in [0.4, 0.5) is 0 Å². The Kier molecular flexibility index (Phi) is 5.93. The molecule has 0 heterocycles. The Labute approximate surface area is 100 Å². The molecule has 0 aromatic rings. The second-order valence-electron chi connectivity index (χ2n) is 5.37. The van der Waals surface area contributed by atoms with Crippen molar-refractivity contribution in [3.8, 4) is 0 Å².